The summed E-state index contributed by atoms with van der Waals surface area (Å²) in [5.74, 6) is -0.334. The molecule has 1 aliphatic heterocycles. The minimum atomic E-state index is -0.721. The number of thiazole rings is 1. The van der Waals surface area contributed by atoms with Crippen molar-refractivity contribution in [3.8, 4) is 0 Å². The first-order valence-corrected chi connectivity index (χ1v) is 12.2. The van der Waals surface area contributed by atoms with Gasteiger partial charge in [-0.15, -0.1) is 0 Å². The smallest absolute Gasteiger partial charge is 0.271 e. The molecule has 2 aromatic carbocycles. The number of hydrogen-bond acceptors (Lipinski definition) is 5. The highest BCUT2D eigenvalue weighted by Gasteiger charge is 2.33. The number of aromatic nitrogens is 3. The first kappa shape index (κ1) is 23.0. The predicted molar refractivity (Wildman–Crippen MR) is 138 cm³/mol. The van der Waals surface area contributed by atoms with E-state index in [9.17, 15) is 9.59 Å². The van der Waals surface area contributed by atoms with Crippen LogP contribution in [0, 0.1) is 6.92 Å². The van der Waals surface area contributed by atoms with Crippen LogP contribution in [0.4, 0.5) is 5.69 Å². The molecule has 0 spiro atoms. The molecule has 7 nitrogen and oxygen atoms in total. The van der Waals surface area contributed by atoms with Gasteiger partial charge in [-0.05, 0) is 43.7 Å². The molecule has 0 unspecified atom stereocenters. The fourth-order valence-electron chi connectivity index (χ4n) is 4.22. The van der Waals surface area contributed by atoms with E-state index < -0.39 is 6.04 Å². The zero-order valence-electron chi connectivity index (χ0n) is 19.3. The van der Waals surface area contributed by atoms with E-state index in [1.165, 1.54) is 11.3 Å². The largest absolute Gasteiger partial charge is 0.322 e. The van der Waals surface area contributed by atoms with Gasteiger partial charge >= 0.3 is 0 Å². The number of halogens is 1. The van der Waals surface area contributed by atoms with Gasteiger partial charge in [0.15, 0.2) is 4.80 Å². The number of anilines is 1. The van der Waals surface area contributed by atoms with E-state index in [1.807, 2.05) is 74.8 Å². The van der Waals surface area contributed by atoms with Crippen LogP contribution in [0.15, 0.2) is 81.9 Å². The number of benzene rings is 2. The standard InChI is InChI=1S/C26H22ClN5O2S/c1-15-17(14-31(3)30-15)13-21-25(34)32-23(19-11-7-8-12-20(19)27)22(16(2)28-26(32)35-21)24(33)29-18-9-5-4-6-10-18/h4-14,23H,1-3H3,(H,29,33)/b21-13+/t23-/m1/s1. The third kappa shape index (κ3) is 4.26. The Morgan fingerprint density at radius 1 is 1.11 bits per heavy atom. The lowest BCUT2D eigenvalue weighted by atomic mass is 9.95. The second-order valence-corrected chi connectivity index (χ2v) is 9.68. The summed E-state index contributed by atoms with van der Waals surface area (Å²) in [6.45, 7) is 3.68. The molecule has 0 bridgehead atoms. The van der Waals surface area contributed by atoms with Crippen LogP contribution in [-0.2, 0) is 11.8 Å². The zero-order chi connectivity index (χ0) is 24.7. The number of nitrogens with zero attached hydrogens (tertiary/aromatic N) is 4. The third-order valence-corrected chi connectivity index (χ3v) is 7.16. The van der Waals surface area contributed by atoms with E-state index in [-0.39, 0.29) is 11.5 Å². The van der Waals surface area contributed by atoms with E-state index in [2.05, 4.69) is 15.4 Å². The van der Waals surface area contributed by atoms with Crippen LogP contribution in [-0.4, -0.2) is 20.3 Å². The van der Waals surface area contributed by atoms with E-state index in [0.717, 1.165) is 11.3 Å². The quantitative estimate of drug-likeness (QED) is 0.462. The van der Waals surface area contributed by atoms with Crippen LogP contribution in [0.1, 0.15) is 29.8 Å². The zero-order valence-corrected chi connectivity index (χ0v) is 20.9. The van der Waals surface area contributed by atoms with Crippen LogP contribution >= 0.6 is 22.9 Å². The summed E-state index contributed by atoms with van der Waals surface area (Å²) in [4.78, 5) is 32.4. The fourth-order valence-corrected chi connectivity index (χ4v) is 5.50. The topological polar surface area (TPSA) is 81.3 Å². The summed E-state index contributed by atoms with van der Waals surface area (Å²) in [5.41, 5.74) is 3.66. The number of rotatable bonds is 4. The fraction of sp³-hybridized carbons (Fsp3) is 0.154. The molecule has 0 fully saturated rings. The minimum Gasteiger partial charge on any atom is -0.322 e. The molecular formula is C26H22ClN5O2S. The number of para-hydroxylation sites is 1. The van der Waals surface area contributed by atoms with Gasteiger partial charge < -0.3 is 5.32 Å². The molecule has 2 aromatic heterocycles. The molecular weight excluding hydrogens is 482 g/mol. The minimum absolute atomic E-state index is 0.237. The maximum atomic E-state index is 13.7. The van der Waals surface area contributed by atoms with Gasteiger partial charge in [-0.2, -0.15) is 5.10 Å². The average Bonchev–Trinajstić information content (AvgIpc) is 3.31. The molecule has 4 aromatic rings. The molecule has 9 heteroatoms. The Hall–Kier alpha value is -3.75. The van der Waals surface area contributed by atoms with Gasteiger partial charge in [0.1, 0.15) is 0 Å². The van der Waals surface area contributed by atoms with Crippen molar-refractivity contribution in [2.45, 2.75) is 19.9 Å². The van der Waals surface area contributed by atoms with Gasteiger partial charge in [0, 0.05) is 29.5 Å². The molecule has 0 radical (unpaired) electrons. The Kier molecular flexibility index (Phi) is 6.00. The second kappa shape index (κ2) is 9.13. The maximum Gasteiger partial charge on any atom is 0.271 e. The number of carbonyl (C=O) groups excluding carboxylic acids is 1. The SMILES string of the molecule is CC1=C(C(=O)Nc2ccccc2)[C@@H](c2ccccc2Cl)n2c(s/c(=C/c3cn(C)nc3C)c2=O)=N1. The van der Waals surface area contributed by atoms with Crippen molar-refractivity contribution in [3.05, 3.63) is 114 Å². The summed E-state index contributed by atoms with van der Waals surface area (Å²) in [5, 5.41) is 7.76. The number of amides is 1. The highest BCUT2D eigenvalue weighted by atomic mass is 35.5. The number of aryl methyl sites for hydroxylation is 2. The molecule has 5 rings (SSSR count). The highest BCUT2D eigenvalue weighted by molar-refractivity contribution is 7.07. The van der Waals surface area contributed by atoms with Crippen molar-refractivity contribution in [2.75, 3.05) is 5.32 Å². The van der Waals surface area contributed by atoms with E-state index in [4.69, 9.17) is 11.6 Å². The lowest BCUT2D eigenvalue weighted by molar-refractivity contribution is -0.113. The number of carbonyl (C=O) groups is 1. The van der Waals surface area contributed by atoms with Crippen LogP contribution in [0.25, 0.3) is 6.08 Å². The third-order valence-electron chi connectivity index (χ3n) is 5.84. The number of nitrogens with one attached hydrogen (secondary N) is 1. The van der Waals surface area contributed by atoms with Crippen molar-refractivity contribution in [1.82, 2.24) is 14.3 Å². The van der Waals surface area contributed by atoms with Gasteiger partial charge in [-0.25, -0.2) is 4.99 Å². The van der Waals surface area contributed by atoms with Crippen LogP contribution in [0.5, 0.6) is 0 Å². The van der Waals surface area contributed by atoms with Crippen molar-refractivity contribution >= 4 is 40.6 Å². The van der Waals surface area contributed by atoms with E-state index in [1.54, 1.807) is 22.2 Å². The van der Waals surface area contributed by atoms with Crippen molar-refractivity contribution < 1.29 is 4.79 Å². The lowest BCUT2D eigenvalue weighted by Gasteiger charge is -2.26. The molecule has 3 heterocycles. The molecule has 1 amide bonds. The summed E-state index contributed by atoms with van der Waals surface area (Å²) in [7, 11) is 1.84. The summed E-state index contributed by atoms with van der Waals surface area (Å²) < 4.78 is 3.78. The van der Waals surface area contributed by atoms with Gasteiger partial charge in [0.2, 0.25) is 0 Å². The van der Waals surface area contributed by atoms with Gasteiger partial charge in [-0.1, -0.05) is 59.3 Å². The second-order valence-electron chi connectivity index (χ2n) is 8.27. The molecule has 0 aliphatic carbocycles. The van der Waals surface area contributed by atoms with Crippen LogP contribution < -0.4 is 20.2 Å². The predicted octanol–water partition coefficient (Wildman–Crippen LogP) is 3.57. The van der Waals surface area contributed by atoms with Crippen molar-refractivity contribution in [2.24, 2.45) is 12.0 Å². The summed E-state index contributed by atoms with van der Waals surface area (Å²) in [6.07, 6.45) is 3.68. The number of allylic oxidation sites excluding steroid dienone is 1. The molecule has 0 saturated carbocycles. The summed E-state index contributed by atoms with van der Waals surface area (Å²) >= 11 is 7.88. The normalized spacial score (nSPS) is 15.7. The number of fused-ring (bicyclic) bond motifs is 1. The Balaban J connectivity index is 1.71. The molecule has 0 saturated heterocycles. The van der Waals surface area contributed by atoms with E-state index >= 15 is 0 Å². The molecule has 176 valence electrons. The number of hydrogen-bond donors (Lipinski definition) is 1. The van der Waals surface area contributed by atoms with Crippen LogP contribution in [0.3, 0.4) is 0 Å². The Morgan fingerprint density at radius 2 is 1.83 bits per heavy atom. The van der Waals surface area contributed by atoms with Crippen molar-refractivity contribution in [1.29, 1.82) is 0 Å². The summed E-state index contributed by atoms with van der Waals surface area (Å²) in [6, 6.07) is 15.7. The highest BCUT2D eigenvalue weighted by Crippen LogP contribution is 2.34. The molecule has 1 aliphatic rings. The van der Waals surface area contributed by atoms with Crippen LogP contribution in [0.2, 0.25) is 5.02 Å². The Morgan fingerprint density at radius 3 is 2.51 bits per heavy atom. The maximum absolute atomic E-state index is 13.7. The average molecular weight is 504 g/mol. The molecule has 1 N–H and O–H groups in total. The first-order chi connectivity index (χ1) is 16.8. The lowest BCUT2D eigenvalue weighted by Crippen LogP contribution is -2.40. The van der Waals surface area contributed by atoms with Gasteiger partial charge in [-0.3, -0.25) is 18.8 Å². The van der Waals surface area contributed by atoms with Crippen molar-refractivity contribution in [3.63, 3.8) is 0 Å². The Bertz CT molecular complexity index is 1660. The molecule has 1 atom stereocenters. The monoisotopic (exact) mass is 503 g/mol. The molecule has 35 heavy (non-hydrogen) atoms. The van der Waals surface area contributed by atoms with Gasteiger partial charge in [0.25, 0.3) is 11.5 Å². The first-order valence-electron chi connectivity index (χ1n) is 11.0. The van der Waals surface area contributed by atoms with Gasteiger partial charge in [0.05, 0.1) is 27.5 Å². The Labute approximate surface area is 210 Å². The van der Waals surface area contributed by atoms with E-state index in [0.29, 0.717) is 36.9 Å².